The predicted molar refractivity (Wildman–Crippen MR) is 136 cm³/mol. The molecule has 36 heavy (non-hydrogen) atoms. The Kier molecular flexibility index (Phi) is 7.02. The van der Waals surface area contributed by atoms with Gasteiger partial charge in [-0.25, -0.2) is 9.37 Å². The highest BCUT2D eigenvalue weighted by Crippen LogP contribution is 2.38. The van der Waals surface area contributed by atoms with Crippen LogP contribution in [-0.2, 0) is 4.74 Å². The highest BCUT2D eigenvalue weighted by atomic mass is 32.1. The fourth-order valence-corrected chi connectivity index (χ4v) is 4.57. The SMILES string of the molecule is COC[C@H](C)Oc1ccc(-c2ccc(-c3nccs3)[nH]2)c(Oc2ccc(C(=O)N3CCC3)cc2F)c1. The number of H-pyrrole nitrogens is 1. The summed E-state index contributed by atoms with van der Waals surface area (Å²) in [5.74, 6) is 0.211. The lowest BCUT2D eigenvalue weighted by Gasteiger charge is -2.30. The van der Waals surface area contributed by atoms with Crippen molar-refractivity contribution in [3.63, 3.8) is 0 Å². The van der Waals surface area contributed by atoms with Crippen molar-refractivity contribution in [3.8, 4) is 39.2 Å². The Morgan fingerprint density at radius 2 is 1.97 bits per heavy atom. The molecule has 0 spiro atoms. The molecule has 0 unspecified atom stereocenters. The highest BCUT2D eigenvalue weighted by molar-refractivity contribution is 7.13. The number of nitrogens with one attached hydrogen (secondary N) is 1. The Labute approximate surface area is 212 Å². The van der Waals surface area contributed by atoms with Crippen molar-refractivity contribution in [2.75, 3.05) is 26.8 Å². The van der Waals surface area contributed by atoms with Gasteiger partial charge in [-0.3, -0.25) is 4.79 Å². The van der Waals surface area contributed by atoms with Crippen LogP contribution in [-0.4, -0.2) is 53.7 Å². The number of halogens is 1. The lowest BCUT2D eigenvalue weighted by atomic mass is 10.1. The lowest BCUT2D eigenvalue weighted by molar-refractivity contribution is 0.0651. The Balaban J connectivity index is 1.46. The van der Waals surface area contributed by atoms with Gasteiger partial charge >= 0.3 is 0 Å². The number of carbonyl (C=O) groups is 1. The van der Waals surface area contributed by atoms with Gasteiger partial charge in [0.2, 0.25) is 0 Å². The van der Waals surface area contributed by atoms with Crippen molar-refractivity contribution in [1.82, 2.24) is 14.9 Å². The van der Waals surface area contributed by atoms with Crippen LogP contribution in [0.2, 0.25) is 0 Å². The van der Waals surface area contributed by atoms with Gasteiger partial charge in [0.05, 0.1) is 12.3 Å². The van der Waals surface area contributed by atoms with E-state index in [-0.39, 0.29) is 17.8 Å². The molecule has 0 saturated carbocycles. The topological polar surface area (TPSA) is 76.7 Å². The smallest absolute Gasteiger partial charge is 0.253 e. The number of thiazole rings is 1. The van der Waals surface area contributed by atoms with Gasteiger partial charge in [0, 0.05) is 54.7 Å². The lowest BCUT2D eigenvalue weighted by Crippen LogP contribution is -2.42. The fraction of sp³-hybridized carbons (Fsp3) is 0.259. The molecule has 3 heterocycles. The Morgan fingerprint density at radius 1 is 1.14 bits per heavy atom. The third-order valence-corrected chi connectivity index (χ3v) is 6.68. The molecule has 1 saturated heterocycles. The first-order chi connectivity index (χ1) is 17.5. The summed E-state index contributed by atoms with van der Waals surface area (Å²) in [6, 6.07) is 13.6. The molecule has 0 bridgehead atoms. The van der Waals surface area contributed by atoms with Crippen LogP contribution in [0.15, 0.2) is 60.1 Å². The Hall–Kier alpha value is -3.69. The summed E-state index contributed by atoms with van der Waals surface area (Å²) in [5, 5.41) is 2.78. The number of methoxy groups -OCH3 is 1. The standard InChI is InChI=1S/C27H26FN3O4S/c1-17(16-33-2)34-19-5-6-20(22-7-8-23(30-22)26-29-10-13-36-26)25(15-19)35-24-9-4-18(14-21(24)28)27(32)31-11-3-12-31/h4-10,13-15,17,30H,3,11-12,16H2,1-2H3/t17-/m0/s1. The number of hydrogen-bond donors (Lipinski definition) is 1. The highest BCUT2D eigenvalue weighted by Gasteiger charge is 2.23. The van der Waals surface area contributed by atoms with E-state index in [1.165, 1.54) is 23.5 Å². The maximum absolute atomic E-state index is 15.1. The zero-order chi connectivity index (χ0) is 25.1. The summed E-state index contributed by atoms with van der Waals surface area (Å²) in [7, 11) is 1.61. The van der Waals surface area contributed by atoms with Crippen molar-refractivity contribution in [3.05, 3.63) is 71.5 Å². The number of amides is 1. The number of hydrogen-bond acceptors (Lipinski definition) is 6. The normalized spacial score (nSPS) is 13.8. The molecule has 1 atom stereocenters. The molecule has 7 nitrogen and oxygen atoms in total. The first kappa shape index (κ1) is 24.0. The van der Waals surface area contributed by atoms with Crippen LogP contribution in [0.25, 0.3) is 22.0 Å². The second-order valence-corrected chi connectivity index (χ2v) is 9.45. The summed E-state index contributed by atoms with van der Waals surface area (Å²) >= 11 is 1.53. The molecule has 4 aromatic rings. The van der Waals surface area contributed by atoms with Crippen molar-refractivity contribution < 1.29 is 23.4 Å². The van der Waals surface area contributed by atoms with Gasteiger partial charge in [0.1, 0.15) is 22.6 Å². The molecular formula is C27H26FN3O4S. The largest absolute Gasteiger partial charge is 0.488 e. The molecular weight excluding hydrogens is 481 g/mol. The van der Waals surface area contributed by atoms with E-state index in [0.29, 0.717) is 36.8 Å². The summed E-state index contributed by atoms with van der Waals surface area (Å²) in [4.78, 5) is 21.9. The molecule has 1 N–H and O–H groups in total. The summed E-state index contributed by atoms with van der Waals surface area (Å²) in [6.45, 7) is 3.73. The van der Waals surface area contributed by atoms with Gasteiger partial charge in [0.15, 0.2) is 11.6 Å². The number of benzene rings is 2. The van der Waals surface area contributed by atoms with E-state index in [2.05, 4.69) is 9.97 Å². The third-order valence-electron chi connectivity index (χ3n) is 5.87. The minimum absolute atomic E-state index is 0.0187. The number of carbonyl (C=O) groups excluding carboxylic acids is 1. The first-order valence-electron chi connectivity index (χ1n) is 11.7. The van der Waals surface area contributed by atoms with Crippen molar-refractivity contribution >= 4 is 17.2 Å². The van der Waals surface area contributed by atoms with E-state index in [1.54, 1.807) is 30.3 Å². The van der Waals surface area contributed by atoms with Crippen molar-refractivity contribution in [2.24, 2.45) is 0 Å². The average Bonchev–Trinajstić information content (AvgIpc) is 3.52. The molecule has 186 valence electrons. The van der Waals surface area contributed by atoms with Crippen LogP contribution < -0.4 is 9.47 Å². The number of rotatable bonds is 9. The maximum atomic E-state index is 15.1. The molecule has 2 aromatic carbocycles. The summed E-state index contributed by atoms with van der Waals surface area (Å²) in [5.41, 5.74) is 2.70. The second-order valence-electron chi connectivity index (χ2n) is 8.56. The van der Waals surface area contributed by atoms with E-state index in [4.69, 9.17) is 14.2 Å². The van der Waals surface area contributed by atoms with Gasteiger partial charge in [-0.15, -0.1) is 11.3 Å². The van der Waals surface area contributed by atoms with Gasteiger partial charge < -0.3 is 24.1 Å². The number of aromatic nitrogens is 2. The van der Waals surface area contributed by atoms with Gasteiger partial charge in [-0.2, -0.15) is 0 Å². The molecule has 0 aliphatic carbocycles. The van der Waals surface area contributed by atoms with Crippen LogP contribution in [0.3, 0.4) is 0 Å². The van der Waals surface area contributed by atoms with Gasteiger partial charge in [0.25, 0.3) is 5.91 Å². The van der Waals surface area contributed by atoms with Crippen molar-refractivity contribution in [1.29, 1.82) is 0 Å². The van der Waals surface area contributed by atoms with Crippen LogP contribution in [0.4, 0.5) is 4.39 Å². The maximum Gasteiger partial charge on any atom is 0.253 e. The molecule has 1 aliphatic heterocycles. The second kappa shape index (κ2) is 10.5. The average molecular weight is 508 g/mol. The first-order valence-corrected chi connectivity index (χ1v) is 12.6. The number of ether oxygens (including phenoxy) is 3. The molecule has 1 amide bonds. The van der Waals surface area contributed by atoms with E-state index >= 15 is 4.39 Å². The zero-order valence-electron chi connectivity index (χ0n) is 20.0. The minimum Gasteiger partial charge on any atom is -0.488 e. The fourth-order valence-electron chi connectivity index (χ4n) is 3.95. The number of nitrogens with zero attached hydrogens (tertiary/aromatic N) is 2. The van der Waals surface area contributed by atoms with Crippen LogP contribution in [0.5, 0.6) is 17.2 Å². The molecule has 5 rings (SSSR count). The predicted octanol–water partition coefficient (Wildman–Crippen LogP) is 6.00. The number of aromatic amines is 1. The van der Waals surface area contributed by atoms with Gasteiger partial charge in [-0.1, -0.05) is 0 Å². The van der Waals surface area contributed by atoms with Gasteiger partial charge in [-0.05, 0) is 55.8 Å². The van der Waals surface area contributed by atoms with Crippen LogP contribution in [0, 0.1) is 5.82 Å². The zero-order valence-corrected chi connectivity index (χ0v) is 20.8. The number of likely N-dealkylation sites (tertiary alicyclic amines) is 1. The summed E-state index contributed by atoms with van der Waals surface area (Å²) < 4.78 is 32.2. The Bertz CT molecular complexity index is 1350. The minimum atomic E-state index is -0.610. The van der Waals surface area contributed by atoms with E-state index in [1.807, 2.05) is 36.6 Å². The van der Waals surface area contributed by atoms with E-state index in [9.17, 15) is 4.79 Å². The van der Waals surface area contributed by atoms with Crippen LogP contribution in [0.1, 0.15) is 23.7 Å². The molecule has 2 aromatic heterocycles. The van der Waals surface area contributed by atoms with E-state index < -0.39 is 5.82 Å². The molecule has 1 aliphatic rings. The summed E-state index contributed by atoms with van der Waals surface area (Å²) in [6.07, 6.45) is 2.55. The van der Waals surface area contributed by atoms with E-state index in [0.717, 1.165) is 28.4 Å². The molecule has 1 fully saturated rings. The van der Waals surface area contributed by atoms with Crippen molar-refractivity contribution in [2.45, 2.75) is 19.4 Å². The van der Waals surface area contributed by atoms with Crippen LogP contribution >= 0.6 is 11.3 Å². The quantitative estimate of drug-likeness (QED) is 0.301. The molecule has 0 radical (unpaired) electrons. The Morgan fingerprint density at radius 3 is 2.67 bits per heavy atom. The third kappa shape index (κ3) is 5.12. The monoisotopic (exact) mass is 507 g/mol. The molecule has 9 heteroatoms.